The van der Waals surface area contributed by atoms with Gasteiger partial charge >= 0.3 is 0 Å². The van der Waals surface area contributed by atoms with Crippen LogP contribution in [0.15, 0.2) is 60.2 Å². The number of ketones is 1. The zero-order chi connectivity index (χ0) is 16.6. The molecule has 122 valence electrons. The van der Waals surface area contributed by atoms with Crippen molar-refractivity contribution in [3.05, 3.63) is 82.4 Å². The van der Waals surface area contributed by atoms with E-state index >= 15 is 0 Å². The van der Waals surface area contributed by atoms with Crippen LogP contribution in [0, 0.1) is 6.92 Å². The highest BCUT2D eigenvalue weighted by Crippen LogP contribution is 2.48. The lowest BCUT2D eigenvalue weighted by Gasteiger charge is -2.39. The van der Waals surface area contributed by atoms with Crippen LogP contribution in [-0.4, -0.2) is 5.78 Å². The molecule has 24 heavy (non-hydrogen) atoms. The van der Waals surface area contributed by atoms with Gasteiger partial charge in [0.05, 0.1) is 0 Å². The largest absolute Gasteiger partial charge is 0.295 e. The molecule has 2 aliphatic carbocycles. The first kappa shape index (κ1) is 15.4. The Morgan fingerprint density at radius 2 is 1.83 bits per heavy atom. The summed E-state index contributed by atoms with van der Waals surface area (Å²) in [6, 6.07) is 17.7. The smallest absolute Gasteiger partial charge is 0.155 e. The molecule has 0 bridgehead atoms. The summed E-state index contributed by atoms with van der Waals surface area (Å²) in [6.45, 7) is 2.18. The highest BCUT2D eigenvalue weighted by molar-refractivity contribution is 5.92. The molecule has 0 saturated heterocycles. The predicted molar refractivity (Wildman–Crippen MR) is 98.3 cm³/mol. The molecule has 0 N–H and O–H groups in total. The molecule has 1 nitrogen and oxygen atoms in total. The van der Waals surface area contributed by atoms with Crippen molar-refractivity contribution < 1.29 is 4.79 Å². The van der Waals surface area contributed by atoms with E-state index in [2.05, 4.69) is 55.5 Å². The van der Waals surface area contributed by atoms with E-state index in [1.165, 1.54) is 27.8 Å². The first-order valence-electron chi connectivity index (χ1n) is 9.05. The zero-order valence-electron chi connectivity index (χ0n) is 14.3. The molecule has 0 radical (unpaired) electrons. The highest BCUT2D eigenvalue weighted by atomic mass is 16.1. The lowest BCUT2D eigenvalue weighted by atomic mass is 9.63. The summed E-state index contributed by atoms with van der Waals surface area (Å²) in [5.41, 5.74) is 7.03. The number of carbonyl (C=O) groups excluding carboxylic acids is 1. The van der Waals surface area contributed by atoms with Gasteiger partial charge in [-0.15, -0.1) is 0 Å². The van der Waals surface area contributed by atoms with Gasteiger partial charge in [-0.2, -0.15) is 0 Å². The predicted octanol–water partition coefficient (Wildman–Crippen LogP) is 5.10. The molecule has 2 aromatic carbocycles. The second-order valence-electron chi connectivity index (χ2n) is 7.39. The molecule has 0 saturated carbocycles. The van der Waals surface area contributed by atoms with E-state index in [0.29, 0.717) is 12.2 Å². The van der Waals surface area contributed by atoms with Gasteiger partial charge in [-0.05, 0) is 61.8 Å². The molecule has 0 amide bonds. The molecule has 1 atom stereocenters. The number of benzene rings is 2. The summed E-state index contributed by atoms with van der Waals surface area (Å²) in [4.78, 5) is 12.1. The minimum Gasteiger partial charge on any atom is -0.295 e. The summed E-state index contributed by atoms with van der Waals surface area (Å²) in [5.74, 6) is 0.309. The summed E-state index contributed by atoms with van der Waals surface area (Å²) >= 11 is 0. The molecular weight excluding hydrogens is 292 g/mol. The second-order valence-corrected chi connectivity index (χ2v) is 7.39. The van der Waals surface area contributed by atoms with Crippen molar-refractivity contribution in [1.82, 2.24) is 0 Å². The van der Waals surface area contributed by atoms with Gasteiger partial charge in [-0.3, -0.25) is 4.79 Å². The monoisotopic (exact) mass is 316 g/mol. The maximum Gasteiger partial charge on any atom is 0.155 e. The van der Waals surface area contributed by atoms with E-state index in [0.717, 1.165) is 32.1 Å². The van der Waals surface area contributed by atoms with Gasteiger partial charge in [0.2, 0.25) is 0 Å². The van der Waals surface area contributed by atoms with Crippen molar-refractivity contribution in [2.45, 2.75) is 50.9 Å². The van der Waals surface area contributed by atoms with Crippen LogP contribution >= 0.6 is 0 Å². The molecule has 0 aliphatic heterocycles. The molecule has 0 fully saturated rings. The lowest BCUT2D eigenvalue weighted by Crippen LogP contribution is -2.35. The Morgan fingerprint density at radius 3 is 2.67 bits per heavy atom. The third-order valence-electron chi connectivity index (χ3n) is 5.77. The number of fused-ring (bicyclic) bond motifs is 3. The Bertz CT molecular complexity index is 800. The van der Waals surface area contributed by atoms with Crippen LogP contribution in [0.25, 0.3) is 0 Å². The Balaban J connectivity index is 1.90. The summed E-state index contributed by atoms with van der Waals surface area (Å²) in [5, 5.41) is 0. The van der Waals surface area contributed by atoms with E-state index < -0.39 is 0 Å². The van der Waals surface area contributed by atoms with Crippen LogP contribution in [0.4, 0.5) is 0 Å². The molecular formula is C23H24O. The summed E-state index contributed by atoms with van der Waals surface area (Å²) in [7, 11) is 0. The maximum absolute atomic E-state index is 12.1. The molecule has 0 heterocycles. The number of allylic oxidation sites excluding steroid dienone is 2. The van der Waals surface area contributed by atoms with Gasteiger partial charge in [0.25, 0.3) is 0 Å². The van der Waals surface area contributed by atoms with Crippen LogP contribution in [0.5, 0.6) is 0 Å². The Hall–Kier alpha value is -2.15. The summed E-state index contributed by atoms with van der Waals surface area (Å²) < 4.78 is 0. The van der Waals surface area contributed by atoms with Crippen molar-refractivity contribution in [3.63, 3.8) is 0 Å². The van der Waals surface area contributed by atoms with E-state index in [1.807, 2.05) is 6.08 Å². The van der Waals surface area contributed by atoms with E-state index in [-0.39, 0.29) is 5.41 Å². The molecule has 2 aromatic rings. The number of aryl methyl sites for hydroxylation is 2. The molecule has 0 aromatic heterocycles. The van der Waals surface area contributed by atoms with Crippen molar-refractivity contribution in [2.75, 3.05) is 0 Å². The average Bonchev–Trinajstić information content (AvgIpc) is 2.72. The van der Waals surface area contributed by atoms with Crippen LogP contribution < -0.4 is 0 Å². The van der Waals surface area contributed by atoms with Gasteiger partial charge < -0.3 is 0 Å². The van der Waals surface area contributed by atoms with Gasteiger partial charge in [0.1, 0.15) is 0 Å². The number of rotatable bonds is 2. The van der Waals surface area contributed by atoms with Crippen molar-refractivity contribution in [1.29, 1.82) is 0 Å². The van der Waals surface area contributed by atoms with Gasteiger partial charge in [0, 0.05) is 11.8 Å². The van der Waals surface area contributed by atoms with Crippen molar-refractivity contribution >= 4 is 5.78 Å². The first-order valence-corrected chi connectivity index (χ1v) is 9.05. The van der Waals surface area contributed by atoms with Crippen LogP contribution in [0.3, 0.4) is 0 Å². The fourth-order valence-electron chi connectivity index (χ4n) is 4.63. The SMILES string of the molecule is Cc1ccc2c(c1)CCCC1=CC(=O)CCC12Cc1ccccc1. The van der Waals surface area contributed by atoms with Crippen LogP contribution in [-0.2, 0) is 23.1 Å². The Labute approximate surface area is 144 Å². The van der Waals surface area contributed by atoms with E-state index in [4.69, 9.17) is 0 Å². The van der Waals surface area contributed by atoms with Crippen LogP contribution in [0.1, 0.15) is 47.9 Å². The lowest BCUT2D eigenvalue weighted by molar-refractivity contribution is -0.115. The number of hydrogen-bond donors (Lipinski definition) is 0. The zero-order valence-corrected chi connectivity index (χ0v) is 14.3. The molecule has 1 heteroatoms. The van der Waals surface area contributed by atoms with E-state index in [1.54, 1.807) is 0 Å². The fourth-order valence-corrected chi connectivity index (χ4v) is 4.63. The van der Waals surface area contributed by atoms with Crippen molar-refractivity contribution in [3.8, 4) is 0 Å². The Morgan fingerprint density at radius 1 is 1.00 bits per heavy atom. The fraction of sp³-hybridized carbons (Fsp3) is 0.348. The summed E-state index contributed by atoms with van der Waals surface area (Å²) in [6.07, 6.45) is 7.91. The number of carbonyl (C=O) groups is 1. The molecule has 2 aliphatic rings. The van der Waals surface area contributed by atoms with Crippen molar-refractivity contribution in [2.24, 2.45) is 0 Å². The first-order chi connectivity index (χ1) is 11.7. The Kier molecular flexibility index (Phi) is 3.88. The normalized spacial score (nSPS) is 23.0. The standard InChI is InChI=1S/C23H24O/c1-17-10-11-22-19(14-17)8-5-9-20-15-21(24)12-13-23(20,22)16-18-6-3-2-4-7-18/h2-4,6-7,10-11,14-15H,5,8-9,12-13,16H2,1H3. The second kappa shape index (κ2) is 6.05. The topological polar surface area (TPSA) is 17.1 Å². The quantitative estimate of drug-likeness (QED) is 0.753. The third kappa shape index (κ3) is 2.62. The highest BCUT2D eigenvalue weighted by Gasteiger charge is 2.41. The molecule has 1 unspecified atom stereocenters. The third-order valence-corrected chi connectivity index (χ3v) is 5.77. The van der Waals surface area contributed by atoms with Gasteiger partial charge in [0.15, 0.2) is 5.78 Å². The maximum atomic E-state index is 12.1. The van der Waals surface area contributed by atoms with Gasteiger partial charge in [-0.1, -0.05) is 59.7 Å². The molecule has 0 spiro atoms. The minimum atomic E-state index is 0.00873. The molecule has 4 rings (SSSR count). The van der Waals surface area contributed by atoms with Crippen LogP contribution in [0.2, 0.25) is 0 Å². The average molecular weight is 316 g/mol. The van der Waals surface area contributed by atoms with Gasteiger partial charge in [-0.25, -0.2) is 0 Å². The van der Waals surface area contributed by atoms with E-state index in [9.17, 15) is 4.79 Å². The number of hydrogen-bond acceptors (Lipinski definition) is 1. The minimum absolute atomic E-state index is 0.00873.